The lowest BCUT2D eigenvalue weighted by molar-refractivity contribution is 0.428. The van der Waals surface area contributed by atoms with Crippen molar-refractivity contribution in [3.05, 3.63) is 0 Å². The largest absolute Gasteiger partial charge is 0.313 e. The van der Waals surface area contributed by atoms with Gasteiger partial charge >= 0.3 is 0 Å². The highest BCUT2D eigenvalue weighted by Gasteiger charge is 2.06. The van der Waals surface area contributed by atoms with Gasteiger partial charge in [0.1, 0.15) is 0 Å². The first-order valence-electron chi connectivity index (χ1n) is 7.07. The first-order valence-corrected chi connectivity index (χ1v) is 8.46. The fourth-order valence-corrected chi connectivity index (χ4v) is 2.32. The van der Waals surface area contributed by atoms with E-state index in [9.17, 15) is 0 Å². The van der Waals surface area contributed by atoms with Gasteiger partial charge in [-0.3, -0.25) is 0 Å². The molecule has 0 aromatic carbocycles. The zero-order chi connectivity index (χ0) is 12.1. The van der Waals surface area contributed by atoms with Gasteiger partial charge in [0.05, 0.1) is 0 Å². The van der Waals surface area contributed by atoms with Gasteiger partial charge in [-0.1, -0.05) is 52.4 Å². The third-order valence-electron chi connectivity index (χ3n) is 3.05. The number of nitrogens with one attached hydrogen (secondary N) is 1. The van der Waals surface area contributed by atoms with Crippen LogP contribution in [-0.2, 0) is 0 Å². The van der Waals surface area contributed by atoms with Crippen LogP contribution in [-0.4, -0.2) is 24.6 Å². The topological polar surface area (TPSA) is 12.0 Å². The van der Waals surface area contributed by atoms with Gasteiger partial charge in [-0.05, 0) is 19.1 Å². The highest BCUT2D eigenvalue weighted by atomic mass is 32.2. The van der Waals surface area contributed by atoms with E-state index in [1.807, 2.05) is 11.8 Å². The quantitative estimate of drug-likeness (QED) is 0.509. The lowest BCUT2D eigenvalue weighted by Gasteiger charge is -2.18. The molecule has 0 aliphatic rings. The van der Waals surface area contributed by atoms with Crippen LogP contribution in [0.4, 0.5) is 0 Å². The number of hydrogen-bond acceptors (Lipinski definition) is 2. The van der Waals surface area contributed by atoms with Crippen LogP contribution in [0.2, 0.25) is 0 Å². The third kappa shape index (κ3) is 10.8. The van der Waals surface area contributed by atoms with Gasteiger partial charge in [0, 0.05) is 18.3 Å². The van der Waals surface area contributed by atoms with Crippen LogP contribution in [0.15, 0.2) is 0 Å². The zero-order valence-electron chi connectivity index (χ0n) is 11.6. The summed E-state index contributed by atoms with van der Waals surface area (Å²) in [4.78, 5) is 0. The molecule has 0 aliphatic heterocycles. The lowest BCUT2D eigenvalue weighted by Crippen LogP contribution is -2.31. The van der Waals surface area contributed by atoms with Crippen LogP contribution in [0.1, 0.15) is 65.2 Å². The van der Waals surface area contributed by atoms with Crippen molar-refractivity contribution in [1.82, 2.24) is 5.32 Å². The highest BCUT2D eigenvalue weighted by Crippen LogP contribution is 2.11. The standard InChI is InChI=1S/C14H31NS/c1-4-6-8-10-14(11-9-7-5-2)15-12-13-16-3/h14-15H,4-13H2,1-3H3. The third-order valence-corrected chi connectivity index (χ3v) is 3.66. The number of unbranched alkanes of at least 4 members (excludes halogenated alkanes) is 4. The normalized spacial score (nSPS) is 11.2. The molecule has 0 heterocycles. The summed E-state index contributed by atoms with van der Waals surface area (Å²) in [5, 5.41) is 3.72. The molecule has 0 fully saturated rings. The molecule has 0 saturated heterocycles. The van der Waals surface area contributed by atoms with Gasteiger partial charge in [0.15, 0.2) is 0 Å². The van der Waals surface area contributed by atoms with E-state index < -0.39 is 0 Å². The van der Waals surface area contributed by atoms with Crippen LogP contribution < -0.4 is 5.32 Å². The van der Waals surface area contributed by atoms with E-state index in [1.165, 1.54) is 63.7 Å². The Morgan fingerprint density at radius 2 is 1.50 bits per heavy atom. The Labute approximate surface area is 107 Å². The van der Waals surface area contributed by atoms with Crippen LogP contribution in [0.25, 0.3) is 0 Å². The van der Waals surface area contributed by atoms with Gasteiger partial charge in [-0.15, -0.1) is 0 Å². The van der Waals surface area contributed by atoms with Crippen LogP contribution >= 0.6 is 11.8 Å². The van der Waals surface area contributed by atoms with Gasteiger partial charge < -0.3 is 5.32 Å². The summed E-state index contributed by atoms with van der Waals surface area (Å²) in [7, 11) is 0. The maximum atomic E-state index is 3.72. The van der Waals surface area contributed by atoms with E-state index in [0.29, 0.717) is 0 Å². The monoisotopic (exact) mass is 245 g/mol. The first kappa shape index (κ1) is 16.3. The lowest BCUT2D eigenvalue weighted by atomic mass is 10.0. The minimum atomic E-state index is 0.783. The van der Waals surface area contributed by atoms with E-state index in [1.54, 1.807) is 0 Å². The molecule has 1 N–H and O–H groups in total. The average Bonchev–Trinajstić information content (AvgIpc) is 2.29. The van der Waals surface area contributed by atoms with E-state index in [4.69, 9.17) is 0 Å². The predicted molar refractivity (Wildman–Crippen MR) is 78.5 cm³/mol. The van der Waals surface area contributed by atoms with E-state index in [0.717, 1.165) is 6.04 Å². The Morgan fingerprint density at radius 3 is 1.94 bits per heavy atom. The van der Waals surface area contributed by atoms with Crippen molar-refractivity contribution in [1.29, 1.82) is 0 Å². The molecule has 0 saturated carbocycles. The molecule has 1 nitrogen and oxygen atoms in total. The number of rotatable bonds is 12. The van der Waals surface area contributed by atoms with E-state index in [2.05, 4.69) is 25.4 Å². The summed E-state index contributed by atoms with van der Waals surface area (Å²) in [6.07, 6.45) is 13.2. The van der Waals surface area contributed by atoms with E-state index >= 15 is 0 Å². The Balaban J connectivity index is 3.58. The van der Waals surface area contributed by atoms with Crippen LogP contribution in [0, 0.1) is 0 Å². The van der Waals surface area contributed by atoms with Crippen molar-refractivity contribution < 1.29 is 0 Å². The van der Waals surface area contributed by atoms with Crippen molar-refractivity contribution >= 4 is 11.8 Å². The molecule has 0 radical (unpaired) electrons. The summed E-state index contributed by atoms with van der Waals surface area (Å²) in [6.45, 7) is 5.75. The maximum Gasteiger partial charge on any atom is 0.00673 e. The average molecular weight is 245 g/mol. The molecule has 0 unspecified atom stereocenters. The second-order valence-electron chi connectivity index (χ2n) is 4.64. The Kier molecular flexibility index (Phi) is 13.6. The number of hydrogen-bond donors (Lipinski definition) is 1. The molecule has 0 aliphatic carbocycles. The van der Waals surface area contributed by atoms with Crippen molar-refractivity contribution in [2.75, 3.05) is 18.6 Å². The van der Waals surface area contributed by atoms with Gasteiger partial charge in [-0.25, -0.2) is 0 Å². The Bertz CT molecular complexity index is 104. The molecule has 2 heteroatoms. The minimum absolute atomic E-state index is 0.783. The molecule has 0 bridgehead atoms. The smallest absolute Gasteiger partial charge is 0.00673 e. The molecule has 0 aromatic rings. The van der Waals surface area contributed by atoms with Gasteiger partial charge in [0.2, 0.25) is 0 Å². The fourth-order valence-electron chi connectivity index (χ4n) is 2.00. The summed E-state index contributed by atoms with van der Waals surface area (Å²) >= 11 is 1.94. The maximum absolute atomic E-state index is 3.72. The fraction of sp³-hybridized carbons (Fsp3) is 1.00. The van der Waals surface area contributed by atoms with Crippen molar-refractivity contribution in [3.8, 4) is 0 Å². The SMILES string of the molecule is CCCCCC(CCCCC)NCCSC. The molecule has 0 atom stereocenters. The highest BCUT2D eigenvalue weighted by molar-refractivity contribution is 7.98. The van der Waals surface area contributed by atoms with Crippen molar-refractivity contribution in [3.63, 3.8) is 0 Å². The molecule has 0 amide bonds. The summed E-state index contributed by atoms with van der Waals surface area (Å²) in [5.74, 6) is 1.25. The zero-order valence-corrected chi connectivity index (χ0v) is 12.4. The number of thioether (sulfide) groups is 1. The van der Waals surface area contributed by atoms with Crippen LogP contribution in [0.5, 0.6) is 0 Å². The van der Waals surface area contributed by atoms with Gasteiger partial charge in [0.25, 0.3) is 0 Å². The molecule has 0 spiro atoms. The molecule has 16 heavy (non-hydrogen) atoms. The molecule has 98 valence electrons. The van der Waals surface area contributed by atoms with Gasteiger partial charge in [-0.2, -0.15) is 11.8 Å². The predicted octanol–water partition coefficient (Wildman–Crippen LogP) is 4.47. The summed E-state index contributed by atoms with van der Waals surface area (Å²) in [6, 6.07) is 0.783. The van der Waals surface area contributed by atoms with Crippen LogP contribution in [0.3, 0.4) is 0 Å². The second kappa shape index (κ2) is 13.4. The minimum Gasteiger partial charge on any atom is -0.313 e. The van der Waals surface area contributed by atoms with Crippen molar-refractivity contribution in [2.45, 2.75) is 71.3 Å². The molecular formula is C14H31NS. The summed E-state index contributed by atoms with van der Waals surface area (Å²) < 4.78 is 0. The molecule has 0 aromatic heterocycles. The summed E-state index contributed by atoms with van der Waals surface area (Å²) in [5.41, 5.74) is 0. The second-order valence-corrected chi connectivity index (χ2v) is 5.62. The Morgan fingerprint density at radius 1 is 0.938 bits per heavy atom. The van der Waals surface area contributed by atoms with E-state index in [-0.39, 0.29) is 0 Å². The molecule has 0 rings (SSSR count). The Hall–Kier alpha value is 0.310. The first-order chi connectivity index (χ1) is 7.85. The molecular weight excluding hydrogens is 214 g/mol. The van der Waals surface area contributed by atoms with Crippen molar-refractivity contribution in [2.24, 2.45) is 0 Å².